The Kier molecular flexibility index (Phi) is 32.6. The number of hydrogen-bond donors (Lipinski definition) is 8. The molecule has 0 bridgehead atoms. The molecule has 15 nitrogen and oxygen atoms in total. The summed E-state index contributed by atoms with van der Waals surface area (Å²) in [6.45, 7) is 20.0. The summed E-state index contributed by atoms with van der Waals surface area (Å²) >= 11 is 0. The minimum absolute atomic E-state index is 0.156. The van der Waals surface area contributed by atoms with Gasteiger partial charge in [0.25, 0.3) is 0 Å². The van der Waals surface area contributed by atoms with Crippen molar-refractivity contribution < 1.29 is 74.3 Å². The van der Waals surface area contributed by atoms with Crippen LogP contribution in [0.15, 0.2) is 61.8 Å². The molecule has 0 heterocycles. The highest BCUT2D eigenvalue weighted by Gasteiger charge is 2.32. The van der Waals surface area contributed by atoms with Gasteiger partial charge in [0.1, 0.15) is 13.2 Å². The molecule has 0 fully saturated rings. The molecule has 254 valence electrons. The number of aliphatic carboxylic acids is 3. The van der Waals surface area contributed by atoms with E-state index in [2.05, 4.69) is 32.9 Å². The molecule has 0 amide bonds. The van der Waals surface area contributed by atoms with Gasteiger partial charge in [-0.1, -0.05) is 39.8 Å². The average Bonchev–Trinajstić information content (AvgIpc) is 2.99. The number of ether oxygens (including phenoxy) is 2. The Morgan fingerprint density at radius 1 is 0.568 bits per heavy atom. The highest BCUT2D eigenvalue weighted by molar-refractivity contribution is 5.85. The van der Waals surface area contributed by atoms with Gasteiger partial charge in [-0.15, -0.1) is 0 Å². The molecule has 0 radical (unpaired) electrons. The van der Waals surface area contributed by atoms with Gasteiger partial charge in [0, 0.05) is 34.3 Å². The number of carboxylic acid groups (broad SMARTS) is 3. The maximum absolute atomic E-state index is 10.9. The van der Waals surface area contributed by atoms with Gasteiger partial charge in [-0.25, -0.2) is 24.0 Å². The lowest BCUT2D eigenvalue weighted by molar-refractivity contribution is -0.153. The van der Waals surface area contributed by atoms with Gasteiger partial charge in [0.05, 0.1) is 38.4 Å². The molecule has 0 spiro atoms. The molecule has 15 heteroatoms. The first-order valence-corrected chi connectivity index (χ1v) is 12.5. The summed E-state index contributed by atoms with van der Waals surface area (Å²) in [6, 6.07) is 0. The summed E-state index contributed by atoms with van der Waals surface area (Å²) < 4.78 is 9.42. The van der Waals surface area contributed by atoms with E-state index in [0.29, 0.717) is 6.42 Å². The van der Waals surface area contributed by atoms with Crippen molar-refractivity contribution in [1.82, 2.24) is 0 Å². The van der Waals surface area contributed by atoms with E-state index in [1.54, 1.807) is 0 Å². The SMILES string of the molecule is C=C(C)C(=O)O.C=C(C)C(=O)O.C=C(C)C(=O)O.C=CC(=O)OCC(CO)(CO)COC(=O)C=C.CCC(CO)(CO)CO. The first kappa shape index (κ1) is 49.5. The Balaban J connectivity index is -0.000000158. The van der Waals surface area contributed by atoms with Gasteiger partial charge in [-0.3, -0.25) is 0 Å². The fraction of sp³-hybridized carbons (Fsp3) is 0.483. The molecule has 0 rings (SSSR count). The third-order valence-corrected chi connectivity index (χ3v) is 4.90. The van der Waals surface area contributed by atoms with E-state index in [0.717, 1.165) is 12.2 Å². The Bertz CT molecular complexity index is 806. The van der Waals surface area contributed by atoms with E-state index in [-0.39, 0.29) is 49.8 Å². The standard InChI is InChI=1S/C11H16O6.C6H14O3.3C4H6O2/c1-3-9(14)16-7-11(5-12,6-13)8-17-10(15)4-2;1-2-6(3-7,4-8)5-9;3*1-3(2)4(5)6/h3-4,12-13H,1-2,5-8H2;7-9H,2-5H2,1H3;3*1H2,2H3,(H,5,6). The number of aliphatic hydroxyl groups excluding tert-OH is 5. The fourth-order valence-electron chi connectivity index (χ4n) is 1.33. The van der Waals surface area contributed by atoms with Crippen molar-refractivity contribution in [2.24, 2.45) is 10.8 Å². The third-order valence-electron chi connectivity index (χ3n) is 4.90. The summed E-state index contributed by atoms with van der Waals surface area (Å²) in [5, 5.41) is 68.0. The lowest BCUT2D eigenvalue weighted by atomic mass is 9.88. The normalized spacial score (nSPS) is 9.57. The lowest BCUT2D eigenvalue weighted by Crippen LogP contribution is -2.40. The molecule has 0 aliphatic carbocycles. The first-order valence-electron chi connectivity index (χ1n) is 12.5. The van der Waals surface area contributed by atoms with Gasteiger partial charge >= 0.3 is 29.8 Å². The number of carbonyl (C=O) groups excluding carboxylic acids is 2. The summed E-state index contributed by atoms with van der Waals surface area (Å²) in [5.74, 6) is -4.18. The van der Waals surface area contributed by atoms with Gasteiger partial charge in [0.15, 0.2) is 0 Å². The van der Waals surface area contributed by atoms with Crippen LogP contribution in [0.3, 0.4) is 0 Å². The lowest BCUT2D eigenvalue weighted by Gasteiger charge is -2.27. The van der Waals surface area contributed by atoms with Crippen LogP contribution in [0.25, 0.3) is 0 Å². The van der Waals surface area contributed by atoms with Crippen molar-refractivity contribution in [3.63, 3.8) is 0 Å². The largest absolute Gasteiger partial charge is 0.478 e. The summed E-state index contributed by atoms with van der Waals surface area (Å²) in [5.41, 5.74) is -1.36. The minimum atomic E-state index is -1.22. The quantitative estimate of drug-likeness (QED) is 0.0909. The highest BCUT2D eigenvalue weighted by atomic mass is 16.5. The molecule has 0 unspecified atom stereocenters. The Hall–Kier alpha value is -4.15. The topological polar surface area (TPSA) is 266 Å². The van der Waals surface area contributed by atoms with Crippen LogP contribution in [0.5, 0.6) is 0 Å². The molecule has 0 aromatic rings. The van der Waals surface area contributed by atoms with Crippen molar-refractivity contribution >= 4 is 29.8 Å². The second-order valence-electron chi connectivity index (χ2n) is 9.02. The van der Waals surface area contributed by atoms with Crippen LogP contribution in [0, 0.1) is 10.8 Å². The number of carboxylic acids is 3. The molecule has 0 atom stereocenters. The van der Waals surface area contributed by atoms with E-state index in [4.69, 9.17) is 50.3 Å². The zero-order valence-corrected chi connectivity index (χ0v) is 25.8. The second-order valence-corrected chi connectivity index (χ2v) is 9.02. The number of hydrogen-bond acceptors (Lipinski definition) is 12. The number of rotatable bonds is 15. The molecule has 0 aromatic carbocycles. The van der Waals surface area contributed by atoms with Crippen LogP contribution in [0.4, 0.5) is 0 Å². The number of carbonyl (C=O) groups is 5. The molecule has 44 heavy (non-hydrogen) atoms. The van der Waals surface area contributed by atoms with Crippen LogP contribution in [-0.4, -0.2) is 117 Å². The van der Waals surface area contributed by atoms with Crippen molar-refractivity contribution in [3.8, 4) is 0 Å². The minimum Gasteiger partial charge on any atom is -0.478 e. The Morgan fingerprint density at radius 2 is 0.773 bits per heavy atom. The molecule has 8 N–H and O–H groups in total. The van der Waals surface area contributed by atoms with Crippen LogP contribution >= 0.6 is 0 Å². The molecular formula is C29H48O15. The van der Waals surface area contributed by atoms with Crippen molar-refractivity contribution in [2.45, 2.75) is 34.1 Å². The molecule has 0 aliphatic rings. The van der Waals surface area contributed by atoms with E-state index in [1.165, 1.54) is 20.8 Å². The second kappa shape index (κ2) is 28.9. The van der Waals surface area contributed by atoms with Crippen molar-refractivity contribution in [3.05, 3.63) is 61.8 Å². The average molecular weight is 637 g/mol. The first-order chi connectivity index (χ1) is 20.2. The van der Waals surface area contributed by atoms with Crippen LogP contribution in [0.1, 0.15) is 34.1 Å². The maximum atomic E-state index is 10.9. The van der Waals surface area contributed by atoms with Crippen molar-refractivity contribution in [1.29, 1.82) is 0 Å². The van der Waals surface area contributed by atoms with Gasteiger partial charge in [-0.05, 0) is 27.2 Å². The number of esters is 2. The maximum Gasteiger partial charge on any atom is 0.330 e. The molecular weight excluding hydrogens is 588 g/mol. The van der Waals surface area contributed by atoms with E-state index < -0.39 is 53.9 Å². The Morgan fingerprint density at radius 3 is 0.864 bits per heavy atom. The zero-order chi connectivity index (χ0) is 36.1. The van der Waals surface area contributed by atoms with Crippen LogP contribution < -0.4 is 0 Å². The Labute approximate surface area is 257 Å². The van der Waals surface area contributed by atoms with Crippen molar-refractivity contribution in [2.75, 3.05) is 46.2 Å². The smallest absolute Gasteiger partial charge is 0.330 e. The summed E-state index contributed by atoms with van der Waals surface area (Å²) in [4.78, 5) is 50.5. The van der Waals surface area contributed by atoms with Gasteiger partial charge in [0.2, 0.25) is 0 Å². The van der Waals surface area contributed by atoms with Crippen LogP contribution in [-0.2, 0) is 33.4 Å². The monoisotopic (exact) mass is 636 g/mol. The van der Waals surface area contributed by atoms with E-state index >= 15 is 0 Å². The predicted octanol–water partition coefficient (Wildman–Crippen LogP) is 0.717. The molecule has 0 saturated heterocycles. The zero-order valence-electron chi connectivity index (χ0n) is 25.8. The van der Waals surface area contributed by atoms with Crippen LogP contribution in [0.2, 0.25) is 0 Å². The summed E-state index contributed by atoms with van der Waals surface area (Å²) in [6.07, 6.45) is 2.50. The fourth-order valence-corrected chi connectivity index (χ4v) is 1.33. The van der Waals surface area contributed by atoms with Gasteiger partial charge in [-0.2, -0.15) is 0 Å². The van der Waals surface area contributed by atoms with E-state index in [1.807, 2.05) is 6.92 Å². The molecule has 0 aliphatic heterocycles. The summed E-state index contributed by atoms with van der Waals surface area (Å²) in [7, 11) is 0. The van der Waals surface area contributed by atoms with Gasteiger partial charge < -0.3 is 50.3 Å². The third kappa shape index (κ3) is 29.3. The molecule has 0 aromatic heterocycles. The van der Waals surface area contributed by atoms with E-state index in [9.17, 15) is 24.0 Å². The highest BCUT2D eigenvalue weighted by Crippen LogP contribution is 2.18. The number of aliphatic hydroxyl groups is 5. The predicted molar refractivity (Wildman–Crippen MR) is 160 cm³/mol. The molecule has 0 saturated carbocycles.